The van der Waals surface area contributed by atoms with Crippen molar-refractivity contribution in [2.75, 3.05) is 27.3 Å². The third kappa shape index (κ3) is 3.81. The molecule has 120 valence electrons. The number of hydrogen-bond donors (Lipinski definition) is 0. The largest absolute Gasteiger partial charge is 0.497 e. The molecule has 0 N–H and O–H groups in total. The van der Waals surface area contributed by atoms with Gasteiger partial charge >= 0.3 is 5.97 Å². The van der Waals surface area contributed by atoms with E-state index in [-0.39, 0.29) is 5.97 Å². The van der Waals surface area contributed by atoms with E-state index >= 15 is 0 Å². The van der Waals surface area contributed by atoms with Crippen LogP contribution in [0.15, 0.2) is 30.0 Å². The van der Waals surface area contributed by atoms with Crippen LogP contribution in [0.3, 0.4) is 0 Å². The van der Waals surface area contributed by atoms with Crippen LogP contribution in [-0.2, 0) is 9.53 Å². The molecule has 0 saturated carbocycles. The van der Waals surface area contributed by atoms with Gasteiger partial charge in [0.25, 0.3) is 0 Å². The van der Waals surface area contributed by atoms with Crippen LogP contribution in [0.2, 0.25) is 0 Å². The van der Waals surface area contributed by atoms with Crippen LogP contribution >= 0.6 is 0 Å². The number of ether oxygens (including phenoxy) is 2. The van der Waals surface area contributed by atoms with Gasteiger partial charge in [-0.05, 0) is 43.9 Å². The molecule has 1 aliphatic rings. The number of carbonyl (C=O) groups is 1. The highest BCUT2D eigenvalue weighted by Gasteiger charge is 2.23. The summed E-state index contributed by atoms with van der Waals surface area (Å²) in [5, 5.41) is 0. The molecule has 0 aromatic heterocycles. The van der Waals surface area contributed by atoms with Crippen LogP contribution in [0.1, 0.15) is 38.2 Å². The molecule has 2 rings (SSSR count). The van der Waals surface area contributed by atoms with Crippen molar-refractivity contribution in [1.82, 2.24) is 4.90 Å². The summed E-state index contributed by atoms with van der Waals surface area (Å²) < 4.78 is 10.6. The highest BCUT2D eigenvalue weighted by molar-refractivity contribution is 6.17. The summed E-state index contributed by atoms with van der Waals surface area (Å²) >= 11 is 0. The maximum Gasteiger partial charge on any atom is 0.340 e. The lowest BCUT2D eigenvalue weighted by Crippen LogP contribution is -2.21. The normalized spacial score (nSPS) is 17.7. The summed E-state index contributed by atoms with van der Waals surface area (Å²) in [6.45, 7) is 3.19. The molecule has 0 amide bonds. The quantitative estimate of drug-likeness (QED) is 0.630. The van der Waals surface area contributed by atoms with Gasteiger partial charge in [0.2, 0.25) is 0 Å². The first-order chi connectivity index (χ1) is 10.7. The van der Waals surface area contributed by atoms with Crippen molar-refractivity contribution >= 4 is 11.5 Å². The second-order valence-corrected chi connectivity index (χ2v) is 5.51. The van der Waals surface area contributed by atoms with Gasteiger partial charge in [0, 0.05) is 19.3 Å². The standard InChI is InChI=1S/C18H25NO3/c1-4-22-18(20)17(14-9-8-10-15(13-14)21-3)16-11-6-5-7-12-19(16)2/h8-10,13H,4-7,11-12H2,1-3H3/b17-16-. The highest BCUT2D eigenvalue weighted by Crippen LogP contribution is 2.30. The Morgan fingerprint density at radius 1 is 1.27 bits per heavy atom. The minimum Gasteiger partial charge on any atom is -0.497 e. The Hall–Kier alpha value is -1.97. The van der Waals surface area contributed by atoms with Crippen molar-refractivity contribution < 1.29 is 14.3 Å². The smallest absolute Gasteiger partial charge is 0.340 e. The summed E-state index contributed by atoms with van der Waals surface area (Å²) in [6.07, 6.45) is 4.37. The monoisotopic (exact) mass is 303 g/mol. The predicted octanol–water partition coefficient (Wildman–Crippen LogP) is 3.48. The van der Waals surface area contributed by atoms with E-state index in [9.17, 15) is 4.79 Å². The number of likely N-dealkylation sites (tertiary alicyclic amines) is 1. The van der Waals surface area contributed by atoms with Crippen LogP contribution < -0.4 is 4.74 Å². The molecule has 1 fully saturated rings. The Labute approximate surface area is 132 Å². The summed E-state index contributed by atoms with van der Waals surface area (Å²) in [4.78, 5) is 14.7. The summed E-state index contributed by atoms with van der Waals surface area (Å²) in [5.41, 5.74) is 2.61. The van der Waals surface area contributed by atoms with Crippen LogP contribution in [0.25, 0.3) is 5.57 Å². The molecule has 0 unspecified atom stereocenters. The number of esters is 1. The zero-order valence-electron chi connectivity index (χ0n) is 13.7. The van der Waals surface area contributed by atoms with E-state index in [1.54, 1.807) is 7.11 Å². The van der Waals surface area contributed by atoms with Crippen molar-refractivity contribution in [3.63, 3.8) is 0 Å². The lowest BCUT2D eigenvalue weighted by atomic mass is 10.0. The van der Waals surface area contributed by atoms with E-state index in [0.29, 0.717) is 12.2 Å². The number of allylic oxidation sites excluding steroid dienone is 1. The van der Waals surface area contributed by atoms with Crippen molar-refractivity contribution in [3.8, 4) is 5.75 Å². The molecule has 0 bridgehead atoms. The minimum absolute atomic E-state index is 0.250. The average molecular weight is 303 g/mol. The molecule has 22 heavy (non-hydrogen) atoms. The third-order valence-electron chi connectivity index (χ3n) is 3.99. The van der Waals surface area contributed by atoms with Gasteiger partial charge in [-0.25, -0.2) is 4.79 Å². The van der Waals surface area contributed by atoms with Gasteiger partial charge in [-0.1, -0.05) is 18.6 Å². The second-order valence-electron chi connectivity index (χ2n) is 5.51. The highest BCUT2D eigenvalue weighted by atomic mass is 16.5. The fourth-order valence-electron chi connectivity index (χ4n) is 2.84. The fraction of sp³-hybridized carbons (Fsp3) is 0.500. The number of methoxy groups -OCH3 is 1. The van der Waals surface area contributed by atoms with Crippen molar-refractivity contribution in [2.45, 2.75) is 32.6 Å². The molecule has 1 aromatic rings. The number of hydrogen-bond acceptors (Lipinski definition) is 4. The lowest BCUT2D eigenvalue weighted by molar-refractivity contribution is -0.136. The lowest BCUT2D eigenvalue weighted by Gasteiger charge is -2.23. The van der Waals surface area contributed by atoms with Crippen molar-refractivity contribution in [2.24, 2.45) is 0 Å². The van der Waals surface area contributed by atoms with E-state index in [0.717, 1.165) is 42.8 Å². The van der Waals surface area contributed by atoms with Crippen molar-refractivity contribution in [1.29, 1.82) is 0 Å². The molecule has 1 saturated heterocycles. The molecule has 0 radical (unpaired) electrons. The van der Waals surface area contributed by atoms with E-state index in [1.165, 1.54) is 6.42 Å². The summed E-state index contributed by atoms with van der Waals surface area (Å²) in [7, 11) is 3.69. The summed E-state index contributed by atoms with van der Waals surface area (Å²) in [5.74, 6) is 0.496. The van der Waals surface area contributed by atoms with E-state index in [2.05, 4.69) is 11.9 Å². The first-order valence-electron chi connectivity index (χ1n) is 7.93. The van der Waals surface area contributed by atoms with Crippen LogP contribution in [0.5, 0.6) is 5.75 Å². The average Bonchev–Trinajstić information content (AvgIpc) is 2.73. The Balaban J connectivity index is 2.51. The zero-order chi connectivity index (χ0) is 15.9. The third-order valence-corrected chi connectivity index (χ3v) is 3.99. The maximum atomic E-state index is 12.6. The SMILES string of the molecule is CCOC(=O)/C(=C1/CCCCCN1C)c1cccc(OC)c1. The molecule has 0 aliphatic carbocycles. The van der Waals surface area contributed by atoms with Gasteiger partial charge in [-0.15, -0.1) is 0 Å². The van der Waals surface area contributed by atoms with Gasteiger partial charge in [-0.3, -0.25) is 0 Å². The second kappa shape index (κ2) is 7.87. The molecular weight excluding hydrogens is 278 g/mol. The Morgan fingerprint density at radius 2 is 2.09 bits per heavy atom. The number of nitrogens with zero attached hydrogens (tertiary/aromatic N) is 1. The maximum absolute atomic E-state index is 12.6. The van der Waals surface area contributed by atoms with E-state index in [4.69, 9.17) is 9.47 Å². The van der Waals surface area contributed by atoms with Gasteiger partial charge in [0.1, 0.15) is 5.75 Å². The Bertz CT molecular complexity index is 551. The topological polar surface area (TPSA) is 38.8 Å². The van der Waals surface area contributed by atoms with E-state index in [1.807, 2.05) is 31.2 Å². The van der Waals surface area contributed by atoms with Gasteiger partial charge < -0.3 is 14.4 Å². The number of carbonyl (C=O) groups excluding carboxylic acids is 1. The zero-order valence-corrected chi connectivity index (χ0v) is 13.7. The molecule has 4 nitrogen and oxygen atoms in total. The molecule has 0 atom stereocenters. The Kier molecular flexibility index (Phi) is 5.87. The van der Waals surface area contributed by atoms with Gasteiger partial charge in [0.15, 0.2) is 0 Å². The molecule has 0 spiro atoms. The number of rotatable bonds is 4. The van der Waals surface area contributed by atoms with Gasteiger partial charge in [0.05, 0.1) is 19.3 Å². The molecule has 1 heterocycles. The van der Waals surface area contributed by atoms with E-state index < -0.39 is 0 Å². The van der Waals surface area contributed by atoms with Crippen molar-refractivity contribution in [3.05, 3.63) is 35.5 Å². The molecule has 4 heteroatoms. The van der Waals surface area contributed by atoms with Crippen LogP contribution in [0.4, 0.5) is 0 Å². The number of benzene rings is 1. The first kappa shape index (κ1) is 16.4. The summed E-state index contributed by atoms with van der Waals surface area (Å²) in [6, 6.07) is 7.64. The molecular formula is C18H25NO3. The molecule has 1 aliphatic heterocycles. The molecule has 1 aromatic carbocycles. The van der Waals surface area contributed by atoms with Crippen LogP contribution in [0, 0.1) is 0 Å². The van der Waals surface area contributed by atoms with Gasteiger partial charge in [-0.2, -0.15) is 0 Å². The van der Waals surface area contributed by atoms with Crippen LogP contribution in [-0.4, -0.2) is 38.2 Å². The first-order valence-corrected chi connectivity index (χ1v) is 7.93. The minimum atomic E-state index is -0.250. The fourth-order valence-corrected chi connectivity index (χ4v) is 2.84. The Morgan fingerprint density at radius 3 is 2.82 bits per heavy atom. The predicted molar refractivity (Wildman–Crippen MR) is 87.6 cm³/mol.